The van der Waals surface area contributed by atoms with Gasteiger partial charge in [-0.15, -0.1) is 11.8 Å². The lowest BCUT2D eigenvalue weighted by atomic mass is 10.0. The zero-order valence-electron chi connectivity index (χ0n) is 16.7. The quantitative estimate of drug-likeness (QED) is 0.614. The molecule has 2 aliphatic heterocycles. The van der Waals surface area contributed by atoms with Crippen LogP contribution in [0.2, 0.25) is 0 Å². The van der Waals surface area contributed by atoms with Gasteiger partial charge in [0.25, 0.3) is 5.91 Å². The van der Waals surface area contributed by atoms with E-state index in [-0.39, 0.29) is 29.9 Å². The second-order valence-corrected chi connectivity index (χ2v) is 8.53. The minimum atomic E-state index is -1.23. The molecule has 0 aliphatic carbocycles. The van der Waals surface area contributed by atoms with E-state index in [1.807, 2.05) is 24.3 Å². The first-order valence-electron chi connectivity index (χ1n) is 9.82. The molecule has 1 spiro atoms. The summed E-state index contributed by atoms with van der Waals surface area (Å²) in [6, 6.07) is 21.0. The molecule has 0 aromatic heterocycles. The number of para-hydroxylation sites is 1. The SMILES string of the molecule is COc1cccc(N2C(=O)CS[C@@]23C(=O)N(Cc2ccccc2F)c2ccccc23)c1. The van der Waals surface area contributed by atoms with Crippen molar-refractivity contribution >= 4 is 35.0 Å². The molecule has 5 nitrogen and oxygen atoms in total. The Kier molecular flexibility index (Phi) is 4.70. The predicted molar refractivity (Wildman–Crippen MR) is 119 cm³/mol. The highest BCUT2D eigenvalue weighted by Gasteiger charge is 2.61. The van der Waals surface area contributed by atoms with Crippen molar-refractivity contribution in [1.29, 1.82) is 0 Å². The summed E-state index contributed by atoms with van der Waals surface area (Å²) in [6.07, 6.45) is 0. The summed E-state index contributed by atoms with van der Waals surface area (Å²) < 4.78 is 19.7. The number of anilines is 2. The first-order chi connectivity index (χ1) is 15.1. The lowest BCUT2D eigenvalue weighted by molar-refractivity contribution is -0.123. The molecule has 2 aliphatic rings. The Hall–Kier alpha value is -3.32. The predicted octanol–water partition coefficient (Wildman–Crippen LogP) is 4.31. The van der Waals surface area contributed by atoms with Crippen LogP contribution in [-0.4, -0.2) is 24.7 Å². The van der Waals surface area contributed by atoms with Gasteiger partial charge in [-0.2, -0.15) is 0 Å². The van der Waals surface area contributed by atoms with Crippen LogP contribution in [0.25, 0.3) is 0 Å². The van der Waals surface area contributed by atoms with Gasteiger partial charge in [-0.1, -0.05) is 42.5 Å². The molecule has 1 fully saturated rings. The Morgan fingerprint density at radius 2 is 1.81 bits per heavy atom. The van der Waals surface area contributed by atoms with Gasteiger partial charge in [-0.25, -0.2) is 4.39 Å². The van der Waals surface area contributed by atoms with Crippen molar-refractivity contribution in [1.82, 2.24) is 0 Å². The minimum absolute atomic E-state index is 0.0883. The van der Waals surface area contributed by atoms with Gasteiger partial charge >= 0.3 is 0 Å². The lowest BCUT2D eigenvalue weighted by Crippen LogP contribution is -2.49. The van der Waals surface area contributed by atoms with E-state index in [2.05, 4.69) is 0 Å². The highest BCUT2D eigenvalue weighted by atomic mass is 32.2. The van der Waals surface area contributed by atoms with Crippen LogP contribution in [-0.2, 0) is 21.0 Å². The highest BCUT2D eigenvalue weighted by Crippen LogP contribution is 2.56. The van der Waals surface area contributed by atoms with Crippen LogP contribution in [0, 0.1) is 5.82 Å². The molecule has 5 rings (SSSR count). The molecule has 156 valence electrons. The van der Waals surface area contributed by atoms with Crippen molar-refractivity contribution in [2.24, 2.45) is 0 Å². The van der Waals surface area contributed by atoms with E-state index in [0.29, 0.717) is 22.7 Å². The number of hydrogen-bond acceptors (Lipinski definition) is 4. The molecule has 2 heterocycles. The Morgan fingerprint density at radius 1 is 1.03 bits per heavy atom. The maximum absolute atomic E-state index is 14.4. The Morgan fingerprint density at radius 3 is 2.61 bits per heavy atom. The zero-order chi connectivity index (χ0) is 21.6. The standard InChI is InChI=1S/C24H19FN2O3S/c1-30-18-9-6-8-17(13-18)27-22(28)15-31-24(27)19-10-3-5-12-21(19)26(23(24)29)14-16-7-2-4-11-20(16)25/h2-13H,14-15H2,1H3/t24-/m0/s1. The molecule has 1 saturated heterocycles. The molecule has 0 bridgehead atoms. The molecular formula is C24H19FN2O3S. The van der Waals surface area contributed by atoms with E-state index in [1.54, 1.807) is 59.4 Å². The molecule has 0 N–H and O–H groups in total. The van der Waals surface area contributed by atoms with E-state index in [4.69, 9.17) is 4.74 Å². The number of carbonyl (C=O) groups excluding carboxylic acids is 2. The first kappa shape index (κ1) is 19.6. The molecule has 3 aromatic carbocycles. The normalized spacial score (nSPS) is 19.9. The van der Waals surface area contributed by atoms with Crippen molar-refractivity contribution in [3.05, 3.63) is 89.7 Å². The summed E-state index contributed by atoms with van der Waals surface area (Å²) >= 11 is 1.30. The summed E-state index contributed by atoms with van der Waals surface area (Å²) in [6.45, 7) is 0.0883. The van der Waals surface area contributed by atoms with Gasteiger partial charge in [0.1, 0.15) is 11.6 Å². The molecule has 0 radical (unpaired) electrons. The molecular weight excluding hydrogens is 415 g/mol. The third-order valence-electron chi connectivity index (χ3n) is 5.66. The number of benzene rings is 3. The third-order valence-corrected chi connectivity index (χ3v) is 7.05. The van der Waals surface area contributed by atoms with Crippen LogP contribution in [0.1, 0.15) is 11.1 Å². The van der Waals surface area contributed by atoms with Gasteiger partial charge in [0, 0.05) is 22.9 Å². The van der Waals surface area contributed by atoms with Gasteiger partial charge in [0.15, 0.2) is 0 Å². The largest absolute Gasteiger partial charge is 0.497 e. The van der Waals surface area contributed by atoms with Crippen LogP contribution in [0.3, 0.4) is 0 Å². The number of halogens is 1. The van der Waals surface area contributed by atoms with Crippen LogP contribution in [0.5, 0.6) is 5.75 Å². The van der Waals surface area contributed by atoms with Gasteiger partial charge in [0.2, 0.25) is 10.8 Å². The minimum Gasteiger partial charge on any atom is -0.497 e. The molecule has 0 unspecified atom stereocenters. The highest BCUT2D eigenvalue weighted by molar-refractivity contribution is 8.02. The average Bonchev–Trinajstić information content (AvgIpc) is 3.26. The maximum Gasteiger partial charge on any atom is 0.269 e. The van der Waals surface area contributed by atoms with Gasteiger partial charge in [-0.3, -0.25) is 14.5 Å². The van der Waals surface area contributed by atoms with E-state index in [1.165, 1.54) is 17.8 Å². The lowest BCUT2D eigenvalue weighted by Gasteiger charge is -2.33. The first-order valence-corrected chi connectivity index (χ1v) is 10.8. The number of ether oxygens (including phenoxy) is 1. The van der Waals surface area contributed by atoms with Gasteiger partial charge in [-0.05, 0) is 24.3 Å². The van der Waals surface area contributed by atoms with Crippen LogP contribution in [0.15, 0.2) is 72.8 Å². The van der Waals surface area contributed by atoms with E-state index < -0.39 is 4.87 Å². The van der Waals surface area contributed by atoms with Gasteiger partial charge < -0.3 is 9.64 Å². The van der Waals surface area contributed by atoms with E-state index in [9.17, 15) is 14.0 Å². The number of rotatable bonds is 4. The Labute approximate surface area is 183 Å². The topological polar surface area (TPSA) is 49.9 Å². The summed E-state index contributed by atoms with van der Waals surface area (Å²) in [7, 11) is 1.56. The number of carbonyl (C=O) groups is 2. The van der Waals surface area contributed by atoms with Crippen LogP contribution >= 0.6 is 11.8 Å². The summed E-state index contributed by atoms with van der Waals surface area (Å²) in [5, 5.41) is 0. The summed E-state index contributed by atoms with van der Waals surface area (Å²) in [5.41, 5.74) is 2.43. The molecule has 2 amide bonds. The van der Waals surface area contributed by atoms with Crippen molar-refractivity contribution in [2.45, 2.75) is 11.4 Å². The van der Waals surface area contributed by atoms with Crippen molar-refractivity contribution < 1.29 is 18.7 Å². The van der Waals surface area contributed by atoms with E-state index >= 15 is 0 Å². The fourth-order valence-corrected chi connectivity index (χ4v) is 5.62. The number of fused-ring (bicyclic) bond motifs is 2. The monoisotopic (exact) mass is 434 g/mol. The fourth-order valence-electron chi connectivity index (χ4n) is 4.26. The Balaban J connectivity index is 1.65. The molecule has 3 aromatic rings. The zero-order valence-corrected chi connectivity index (χ0v) is 17.6. The molecule has 31 heavy (non-hydrogen) atoms. The number of hydrogen-bond donors (Lipinski definition) is 0. The fraction of sp³-hybridized carbons (Fsp3) is 0.167. The third kappa shape index (κ3) is 2.91. The molecule has 1 atom stereocenters. The molecule has 7 heteroatoms. The second kappa shape index (κ2) is 7.42. The maximum atomic E-state index is 14.4. The molecule has 0 saturated carbocycles. The van der Waals surface area contributed by atoms with Crippen molar-refractivity contribution in [3.8, 4) is 5.75 Å². The summed E-state index contributed by atoms with van der Waals surface area (Å²) in [5.74, 6) is -0.0113. The van der Waals surface area contributed by atoms with Crippen molar-refractivity contribution in [2.75, 3.05) is 22.7 Å². The number of amides is 2. The van der Waals surface area contributed by atoms with Gasteiger partial charge in [0.05, 0.1) is 25.1 Å². The number of nitrogens with zero attached hydrogens (tertiary/aromatic N) is 2. The van der Waals surface area contributed by atoms with E-state index in [0.717, 1.165) is 5.56 Å². The van der Waals surface area contributed by atoms with Crippen LogP contribution in [0.4, 0.5) is 15.8 Å². The number of thioether (sulfide) groups is 1. The Bertz CT molecular complexity index is 1200. The summed E-state index contributed by atoms with van der Waals surface area (Å²) in [4.78, 5) is 28.9. The van der Waals surface area contributed by atoms with Crippen molar-refractivity contribution in [3.63, 3.8) is 0 Å². The van der Waals surface area contributed by atoms with Crippen LogP contribution < -0.4 is 14.5 Å². The second-order valence-electron chi connectivity index (χ2n) is 7.36. The smallest absolute Gasteiger partial charge is 0.269 e. The number of methoxy groups -OCH3 is 1. The average molecular weight is 434 g/mol.